The van der Waals surface area contributed by atoms with Crippen LogP contribution in [0.2, 0.25) is 0 Å². The number of hydrogen-bond donors (Lipinski definition) is 1. The monoisotopic (exact) mass is 266 g/mol. The van der Waals surface area contributed by atoms with Gasteiger partial charge in [0, 0.05) is 19.3 Å². The lowest BCUT2D eigenvalue weighted by Gasteiger charge is -2.22. The van der Waals surface area contributed by atoms with Crippen molar-refractivity contribution in [1.29, 1.82) is 0 Å². The normalized spacial score (nSPS) is 14.1. The average molecular weight is 266 g/mol. The molecule has 19 heavy (non-hydrogen) atoms. The number of pyridine rings is 1. The van der Waals surface area contributed by atoms with Crippen LogP contribution in [0.15, 0.2) is 18.5 Å². The molecule has 0 bridgehead atoms. The van der Waals surface area contributed by atoms with Crippen molar-refractivity contribution in [3.8, 4) is 5.75 Å². The first-order valence-electron chi connectivity index (χ1n) is 7.05. The number of methoxy groups -OCH3 is 1. The second-order valence-electron chi connectivity index (χ2n) is 4.68. The Balaban J connectivity index is 2.79. The minimum Gasteiger partial charge on any atom is -0.492 e. The molecule has 0 aliphatic rings. The van der Waals surface area contributed by atoms with Crippen LogP contribution in [0.1, 0.15) is 45.2 Å². The molecule has 2 unspecified atom stereocenters. The third-order valence-corrected chi connectivity index (χ3v) is 3.06. The topological polar surface area (TPSA) is 43.4 Å². The van der Waals surface area contributed by atoms with Crippen LogP contribution in [0, 0.1) is 0 Å². The van der Waals surface area contributed by atoms with Crippen LogP contribution in [-0.4, -0.2) is 31.3 Å². The smallest absolute Gasteiger partial charge is 0.137 e. The lowest BCUT2D eigenvalue weighted by Crippen LogP contribution is -2.26. The second-order valence-corrected chi connectivity index (χ2v) is 4.68. The summed E-state index contributed by atoms with van der Waals surface area (Å²) < 4.78 is 10.9. The summed E-state index contributed by atoms with van der Waals surface area (Å²) in [5.41, 5.74) is 1.16. The van der Waals surface area contributed by atoms with Gasteiger partial charge in [-0.3, -0.25) is 4.98 Å². The number of nitrogens with one attached hydrogen (secondary N) is 1. The lowest BCUT2D eigenvalue weighted by molar-refractivity contribution is 0.100. The first kappa shape index (κ1) is 15.9. The minimum absolute atomic E-state index is 0.213. The van der Waals surface area contributed by atoms with Gasteiger partial charge in [0.25, 0.3) is 0 Å². The molecule has 108 valence electrons. The molecule has 1 aromatic rings. The van der Waals surface area contributed by atoms with Crippen LogP contribution in [-0.2, 0) is 4.74 Å². The fraction of sp³-hybridized carbons (Fsp3) is 0.667. The van der Waals surface area contributed by atoms with E-state index in [1.54, 1.807) is 13.3 Å². The maximum Gasteiger partial charge on any atom is 0.137 e. The molecular weight excluding hydrogens is 240 g/mol. The fourth-order valence-electron chi connectivity index (χ4n) is 1.96. The fourth-order valence-corrected chi connectivity index (χ4v) is 1.96. The molecule has 0 spiro atoms. The standard InChI is InChI=1S/C15H26N2O2/c1-5-7-17-15(8-12(3)18-4)13-9-14(19-6-2)11-16-10-13/h9-12,15,17H,5-8H2,1-4H3. The van der Waals surface area contributed by atoms with E-state index in [0.29, 0.717) is 6.61 Å². The van der Waals surface area contributed by atoms with Crippen molar-refractivity contribution in [3.05, 3.63) is 24.0 Å². The van der Waals surface area contributed by atoms with Gasteiger partial charge < -0.3 is 14.8 Å². The molecule has 4 nitrogen and oxygen atoms in total. The van der Waals surface area contributed by atoms with E-state index >= 15 is 0 Å². The van der Waals surface area contributed by atoms with Gasteiger partial charge in [-0.1, -0.05) is 6.92 Å². The van der Waals surface area contributed by atoms with Crippen LogP contribution in [0.5, 0.6) is 5.75 Å². The van der Waals surface area contributed by atoms with Gasteiger partial charge in [0.15, 0.2) is 0 Å². The van der Waals surface area contributed by atoms with Crippen molar-refractivity contribution in [3.63, 3.8) is 0 Å². The first-order valence-corrected chi connectivity index (χ1v) is 7.05. The quantitative estimate of drug-likeness (QED) is 0.746. The molecule has 0 radical (unpaired) electrons. The Labute approximate surface area is 116 Å². The molecular formula is C15H26N2O2. The lowest BCUT2D eigenvalue weighted by atomic mass is 10.0. The zero-order chi connectivity index (χ0) is 14.1. The molecule has 1 heterocycles. The van der Waals surface area contributed by atoms with Crippen LogP contribution in [0.25, 0.3) is 0 Å². The molecule has 0 aliphatic heterocycles. The summed E-state index contributed by atoms with van der Waals surface area (Å²) in [4.78, 5) is 4.26. The van der Waals surface area contributed by atoms with Crippen molar-refractivity contribution in [2.24, 2.45) is 0 Å². The Hall–Kier alpha value is -1.13. The van der Waals surface area contributed by atoms with Gasteiger partial charge >= 0.3 is 0 Å². The Morgan fingerprint density at radius 3 is 2.74 bits per heavy atom. The summed E-state index contributed by atoms with van der Waals surface area (Å²) in [6, 6.07) is 2.31. The number of hydrogen-bond acceptors (Lipinski definition) is 4. The van der Waals surface area contributed by atoms with Crippen molar-refractivity contribution in [2.75, 3.05) is 20.3 Å². The van der Waals surface area contributed by atoms with Gasteiger partial charge in [0.05, 0.1) is 18.9 Å². The maximum absolute atomic E-state index is 5.51. The van der Waals surface area contributed by atoms with E-state index in [0.717, 1.165) is 30.7 Å². The summed E-state index contributed by atoms with van der Waals surface area (Å²) in [6.07, 6.45) is 5.90. The van der Waals surface area contributed by atoms with E-state index in [-0.39, 0.29) is 12.1 Å². The number of nitrogens with zero attached hydrogens (tertiary/aromatic N) is 1. The summed E-state index contributed by atoms with van der Waals surface area (Å²) >= 11 is 0. The molecule has 1 aromatic heterocycles. The highest BCUT2D eigenvalue weighted by atomic mass is 16.5. The molecule has 0 aromatic carbocycles. The van der Waals surface area contributed by atoms with Gasteiger partial charge in [-0.05, 0) is 44.9 Å². The maximum atomic E-state index is 5.51. The highest BCUT2D eigenvalue weighted by Gasteiger charge is 2.15. The molecule has 1 rings (SSSR count). The number of aromatic nitrogens is 1. The largest absolute Gasteiger partial charge is 0.492 e. The molecule has 0 aliphatic carbocycles. The third kappa shape index (κ3) is 5.57. The van der Waals surface area contributed by atoms with Crippen LogP contribution < -0.4 is 10.1 Å². The Morgan fingerprint density at radius 2 is 2.11 bits per heavy atom. The summed E-state index contributed by atoms with van der Waals surface area (Å²) in [5.74, 6) is 0.827. The summed E-state index contributed by atoms with van der Waals surface area (Å²) in [6.45, 7) is 7.87. The first-order chi connectivity index (χ1) is 9.21. The van der Waals surface area contributed by atoms with E-state index in [4.69, 9.17) is 9.47 Å². The molecule has 0 fully saturated rings. The van der Waals surface area contributed by atoms with E-state index in [1.165, 1.54) is 0 Å². The number of rotatable bonds is 9. The van der Waals surface area contributed by atoms with E-state index in [2.05, 4.69) is 30.2 Å². The number of ether oxygens (including phenoxy) is 2. The van der Waals surface area contributed by atoms with E-state index < -0.39 is 0 Å². The average Bonchev–Trinajstić information content (AvgIpc) is 2.43. The van der Waals surface area contributed by atoms with Gasteiger partial charge in [0.1, 0.15) is 5.75 Å². The van der Waals surface area contributed by atoms with E-state index in [9.17, 15) is 0 Å². The van der Waals surface area contributed by atoms with Crippen molar-refractivity contribution in [2.45, 2.75) is 45.8 Å². The molecule has 0 saturated carbocycles. The Morgan fingerprint density at radius 1 is 1.32 bits per heavy atom. The SMILES string of the molecule is CCCNC(CC(C)OC)c1cncc(OCC)c1. The van der Waals surface area contributed by atoms with Gasteiger partial charge in [-0.25, -0.2) is 0 Å². The van der Waals surface area contributed by atoms with Crippen LogP contribution >= 0.6 is 0 Å². The van der Waals surface area contributed by atoms with Gasteiger partial charge in [0.2, 0.25) is 0 Å². The Bertz CT molecular complexity index is 358. The molecule has 0 saturated heterocycles. The summed E-state index contributed by atoms with van der Waals surface area (Å²) in [5, 5.41) is 3.54. The van der Waals surface area contributed by atoms with Crippen LogP contribution in [0.4, 0.5) is 0 Å². The highest BCUT2D eigenvalue weighted by molar-refractivity contribution is 5.26. The molecule has 4 heteroatoms. The van der Waals surface area contributed by atoms with Crippen molar-refractivity contribution < 1.29 is 9.47 Å². The highest BCUT2D eigenvalue weighted by Crippen LogP contribution is 2.22. The second kappa shape index (κ2) is 8.88. The van der Waals surface area contributed by atoms with Crippen molar-refractivity contribution >= 4 is 0 Å². The Kier molecular flexibility index (Phi) is 7.45. The minimum atomic E-state index is 0.213. The molecule has 0 amide bonds. The van der Waals surface area contributed by atoms with Gasteiger partial charge in [-0.2, -0.15) is 0 Å². The predicted molar refractivity (Wildman–Crippen MR) is 77.5 cm³/mol. The zero-order valence-corrected chi connectivity index (χ0v) is 12.5. The van der Waals surface area contributed by atoms with E-state index in [1.807, 2.05) is 13.1 Å². The zero-order valence-electron chi connectivity index (χ0n) is 12.5. The van der Waals surface area contributed by atoms with Gasteiger partial charge in [-0.15, -0.1) is 0 Å². The predicted octanol–water partition coefficient (Wildman–Crippen LogP) is 2.95. The molecule has 1 N–H and O–H groups in total. The summed E-state index contributed by atoms with van der Waals surface area (Å²) in [7, 11) is 1.75. The van der Waals surface area contributed by atoms with Crippen molar-refractivity contribution in [1.82, 2.24) is 10.3 Å². The third-order valence-electron chi connectivity index (χ3n) is 3.06. The van der Waals surface area contributed by atoms with Crippen LogP contribution in [0.3, 0.4) is 0 Å². The molecule has 2 atom stereocenters.